The second-order valence-electron chi connectivity index (χ2n) is 6.44. The van der Waals surface area contributed by atoms with Crippen LogP contribution in [-0.2, 0) is 4.74 Å². The maximum Gasteiger partial charge on any atom is 0.293 e. The molecule has 7 nitrogen and oxygen atoms in total. The number of nitrogens with one attached hydrogen (secondary N) is 1. The predicted octanol–water partition coefficient (Wildman–Crippen LogP) is 3.48. The molecule has 0 aliphatic carbocycles. The first-order valence-electron chi connectivity index (χ1n) is 9.33. The second-order valence-corrected chi connectivity index (χ2v) is 7.61. The maximum atomic E-state index is 12.9. The fraction of sp³-hybridized carbons (Fsp3) is 0.350. The molecular weight excluding hydrogens is 397 g/mol. The smallest absolute Gasteiger partial charge is 0.293 e. The van der Waals surface area contributed by atoms with E-state index >= 15 is 0 Å². The molecule has 1 aliphatic heterocycles. The zero-order valence-electron chi connectivity index (χ0n) is 15.8. The summed E-state index contributed by atoms with van der Waals surface area (Å²) in [5.41, 5.74) is 0.567. The molecule has 0 unspecified atom stereocenters. The minimum atomic E-state index is -0.457. The highest BCUT2D eigenvalue weighted by Gasteiger charge is 2.27. The summed E-state index contributed by atoms with van der Waals surface area (Å²) >= 11 is 1.58. The number of nitro benzene ring substituents is 1. The van der Waals surface area contributed by atoms with Gasteiger partial charge in [-0.05, 0) is 42.5 Å². The van der Waals surface area contributed by atoms with Crippen molar-refractivity contribution in [3.8, 4) is 0 Å². The minimum absolute atomic E-state index is 0.0774. The van der Waals surface area contributed by atoms with Gasteiger partial charge >= 0.3 is 0 Å². The van der Waals surface area contributed by atoms with E-state index in [2.05, 4.69) is 5.32 Å². The normalized spacial score (nSPS) is 13.9. The summed E-state index contributed by atoms with van der Waals surface area (Å²) in [7, 11) is 0. The van der Waals surface area contributed by atoms with E-state index < -0.39 is 4.92 Å². The van der Waals surface area contributed by atoms with Crippen LogP contribution in [0.15, 0.2) is 47.4 Å². The zero-order valence-corrected chi connectivity index (χ0v) is 16.6. The molecule has 0 bridgehead atoms. The molecule has 0 atom stereocenters. The lowest BCUT2D eigenvalue weighted by molar-refractivity contribution is -0.384. The third-order valence-electron chi connectivity index (χ3n) is 4.47. The van der Waals surface area contributed by atoms with Gasteiger partial charge in [0.2, 0.25) is 0 Å². The van der Waals surface area contributed by atoms with E-state index in [4.69, 9.17) is 4.74 Å². The lowest BCUT2D eigenvalue weighted by atomic mass is 10.1. The third kappa shape index (κ3) is 5.68. The number of rotatable bonds is 8. The molecular formula is C20H22FN3O4S. The van der Waals surface area contributed by atoms with Crippen molar-refractivity contribution in [3.05, 3.63) is 64.0 Å². The van der Waals surface area contributed by atoms with Gasteiger partial charge in [0.05, 0.1) is 23.7 Å². The molecule has 29 heavy (non-hydrogen) atoms. The lowest BCUT2D eigenvalue weighted by Gasteiger charge is -2.29. The standard InChI is InChI=1S/C20H22FN3O4S/c21-15-5-7-16(8-6-15)29-14-2-9-22-20(25)17-3-1-4-18(24(26)27)19(17)23-10-12-28-13-11-23/h1,3-8H,2,9-14H2,(H,22,25). The number of amides is 1. The van der Waals surface area contributed by atoms with Crippen molar-refractivity contribution >= 4 is 29.0 Å². The summed E-state index contributed by atoms with van der Waals surface area (Å²) < 4.78 is 18.2. The Bertz CT molecular complexity index is 857. The van der Waals surface area contributed by atoms with Crippen LogP contribution in [0.2, 0.25) is 0 Å². The van der Waals surface area contributed by atoms with E-state index in [0.29, 0.717) is 44.1 Å². The number of hydrogen-bond donors (Lipinski definition) is 1. The van der Waals surface area contributed by atoms with Crippen molar-refractivity contribution < 1.29 is 18.8 Å². The molecule has 154 valence electrons. The van der Waals surface area contributed by atoms with Crippen molar-refractivity contribution in [2.75, 3.05) is 43.5 Å². The molecule has 3 rings (SSSR count). The van der Waals surface area contributed by atoms with Crippen LogP contribution in [0.3, 0.4) is 0 Å². The molecule has 0 aromatic heterocycles. The van der Waals surface area contributed by atoms with Crippen LogP contribution in [0.1, 0.15) is 16.8 Å². The van der Waals surface area contributed by atoms with Crippen LogP contribution in [-0.4, -0.2) is 49.4 Å². The minimum Gasteiger partial charge on any atom is -0.378 e. The zero-order chi connectivity index (χ0) is 20.6. The van der Waals surface area contributed by atoms with Gasteiger partial charge in [0.15, 0.2) is 0 Å². The summed E-state index contributed by atoms with van der Waals surface area (Å²) in [6.45, 7) is 2.37. The number of carbonyl (C=O) groups excluding carboxylic acids is 1. The monoisotopic (exact) mass is 419 g/mol. The predicted molar refractivity (Wildman–Crippen MR) is 110 cm³/mol. The average molecular weight is 419 g/mol. The summed E-state index contributed by atoms with van der Waals surface area (Å²) in [5.74, 6) is 0.161. The number of thioether (sulfide) groups is 1. The van der Waals surface area contributed by atoms with Crippen molar-refractivity contribution in [2.24, 2.45) is 0 Å². The summed E-state index contributed by atoms with van der Waals surface area (Å²) in [4.78, 5) is 26.5. The molecule has 2 aromatic rings. The first kappa shape index (κ1) is 21.1. The van der Waals surface area contributed by atoms with Gasteiger partial charge in [0, 0.05) is 30.6 Å². The van der Waals surface area contributed by atoms with Crippen LogP contribution in [0.25, 0.3) is 0 Å². The number of nitro groups is 1. The molecule has 0 saturated carbocycles. The van der Waals surface area contributed by atoms with Gasteiger partial charge in [-0.25, -0.2) is 4.39 Å². The van der Waals surface area contributed by atoms with Crippen LogP contribution in [0.5, 0.6) is 0 Å². The van der Waals surface area contributed by atoms with E-state index in [1.54, 1.807) is 30.0 Å². The Morgan fingerprint density at radius 2 is 1.93 bits per heavy atom. The highest BCUT2D eigenvalue weighted by Crippen LogP contribution is 2.32. The molecule has 0 spiro atoms. The summed E-state index contributed by atoms with van der Waals surface area (Å²) in [5, 5.41) is 14.3. The molecule has 1 aliphatic rings. The molecule has 1 heterocycles. The quantitative estimate of drug-likeness (QED) is 0.305. The van der Waals surface area contributed by atoms with Crippen molar-refractivity contribution in [2.45, 2.75) is 11.3 Å². The summed E-state index contributed by atoms with van der Waals surface area (Å²) in [6.07, 6.45) is 0.718. The van der Waals surface area contributed by atoms with Gasteiger partial charge in [-0.15, -0.1) is 11.8 Å². The fourth-order valence-electron chi connectivity index (χ4n) is 3.07. The second kappa shape index (κ2) is 10.2. The highest BCUT2D eigenvalue weighted by atomic mass is 32.2. The number of carbonyl (C=O) groups is 1. The van der Waals surface area contributed by atoms with E-state index in [1.807, 2.05) is 4.90 Å². The van der Waals surface area contributed by atoms with Crippen molar-refractivity contribution in [1.29, 1.82) is 0 Å². The number of anilines is 1. The Hall–Kier alpha value is -2.65. The lowest BCUT2D eigenvalue weighted by Crippen LogP contribution is -2.38. The number of nitrogens with zero attached hydrogens (tertiary/aromatic N) is 2. The van der Waals surface area contributed by atoms with Crippen LogP contribution in [0, 0.1) is 15.9 Å². The van der Waals surface area contributed by atoms with Crippen molar-refractivity contribution in [1.82, 2.24) is 5.32 Å². The van der Waals surface area contributed by atoms with Gasteiger partial charge in [0.25, 0.3) is 11.6 Å². The molecule has 2 aromatic carbocycles. The molecule has 1 fully saturated rings. The first-order chi connectivity index (χ1) is 14.1. The Labute approximate surface area is 172 Å². The largest absolute Gasteiger partial charge is 0.378 e. The van der Waals surface area contributed by atoms with Crippen LogP contribution < -0.4 is 10.2 Å². The Morgan fingerprint density at radius 1 is 1.21 bits per heavy atom. The van der Waals surface area contributed by atoms with E-state index in [0.717, 1.165) is 17.1 Å². The van der Waals surface area contributed by atoms with Crippen molar-refractivity contribution in [3.63, 3.8) is 0 Å². The Morgan fingerprint density at radius 3 is 2.62 bits per heavy atom. The average Bonchev–Trinajstić information content (AvgIpc) is 2.74. The van der Waals surface area contributed by atoms with Gasteiger partial charge < -0.3 is 15.0 Å². The third-order valence-corrected chi connectivity index (χ3v) is 5.57. The Balaban J connectivity index is 1.60. The SMILES string of the molecule is O=C(NCCCSc1ccc(F)cc1)c1cccc([N+](=O)[O-])c1N1CCOCC1. The molecule has 0 radical (unpaired) electrons. The van der Waals surface area contributed by atoms with Gasteiger partial charge in [-0.3, -0.25) is 14.9 Å². The molecule has 9 heteroatoms. The number of para-hydroxylation sites is 1. The number of morpholine rings is 1. The number of halogens is 1. The van der Waals surface area contributed by atoms with Crippen LogP contribution in [0.4, 0.5) is 15.8 Å². The van der Waals surface area contributed by atoms with E-state index in [1.165, 1.54) is 24.3 Å². The van der Waals surface area contributed by atoms with Gasteiger partial charge in [-0.1, -0.05) is 6.07 Å². The molecule has 1 saturated heterocycles. The fourth-order valence-corrected chi connectivity index (χ4v) is 3.92. The first-order valence-corrected chi connectivity index (χ1v) is 10.3. The Kier molecular flexibility index (Phi) is 7.42. The number of benzene rings is 2. The van der Waals surface area contributed by atoms with Gasteiger partial charge in [0.1, 0.15) is 11.5 Å². The summed E-state index contributed by atoms with van der Waals surface area (Å²) in [6, 6.07) is 10.8. The van der Waals surface area contributed by atoms with Crippen LogP contribution >= 0.6 is 11.8 Å². The van der Waals surface area contributed by atoms with E-state index in [9.17, 15) is 19.3 Å². The molecule has 1 amide bonds. The van der Waals surface area contributed by atoms with Gasteiger partial charge in [-0.2, -0.15) is 0 Å². The highest BCUT2D eigenvalue weighted by molar-refractivity contribution is 7.99. The number of hydrogen-bond acceptors (Lipinski definition) is 6. The van der Waals surface area contributed by atoms with E-state index in [-0.39, 0.29) is 17.4 Å². The molecule has 1 N–H and O–H groups in total. The maximum absolute atomic E-state index is 12.9. The topological polar surface area (TPSA) is 84.7 Å². The number of ether oxygens (including phenoxy) is 1.